The zero-order valence-corrected chi connectivity index (χ0v) is 17.9. The Labute approximate surface area is 148 Å². The minimum Gasteiger partial charge on any atom is -0.307 e. The van der Waals surface area contributed by atoms with Crippen LogP contribution in [0.4, 0.5) is 0 Å². The number of hydrogen-bond donors (Lipinski definition) is 2. The van der Waals surface area contributed by atoms with E-state index in [1.54, 1.807) is 0 Å². The second-order valence-corrected chi connectivity index (χ2v) is 18.1. The van der Waals surface area contributed by atoms with Crippen LogP contribution < -0.4 is 11.5 Å². The van der Waals surface area contributed by atoms with Crippen molar-refractivity contribution in [2.24, 2.45) is 11.5 Å². The van der Waals surface area contributed by atoms with Crippen molar-refractivity contribution in [3.8, 4) is 0 Å². The first-order chi connectivity index (χ1) is 4.50. The van der Waals surface area contributed by atoms with Crippen molar-refractivity contribution in [3.05, 3.63) is 0 Å². The molecule has 0 atom stereocenters. The van der Waals surface area contributed by atoms with Crippen molar-refractivity contribution >= 4 is 136 Å². The molecule has 0 fully saturated rings. The Morgan fingerprint density at radius 1 is 0.636 bits per heavy atom. The third kappa shape index (κ3) is 4.35. The molecular weight excluding hydrogens is 825 g/mol. The zero-order chi connectivity index (χ0) is 9.50. The monoisotopic (exact) mass is 829 g/mol. The average molecular weight is 830 g/mol. The summed E-state index contributed by atoms with van der Waals surface area (Å²) < 4.78 is -0.876. The average Bonchev–Trinajstić information content (AvgIpc) is 1.58. The fourth-order valence-corrected chi connectivity index (χ4v) is 3.99. The molecule has 4 N–H and O–H groups in total. The standard InChI is InChI=1S/C3H4I6N2/c4-1(5,2(6,7)10)3(8,9)11/h10-11H2. The van der Waals surface area contributed by atoms with Crippen LogP contribution in [-0.2, 0) is 0 Å². The molecule has 11 heavy (non-hydrogen) atoms. The molecule has 0 aromatic rings. The van der Waals surface area contributed by atoms with Crippen molar-refractivity contribution in [2.75, 3.05) is 0 Å². The smallest absolute Gasteiger partial charge is 0.147 e. The van der Waals surface area contributed by atoms with Gasteiger partial charge in [-0.1, -0.05) is 45.2 Å². The molecule has 0 aliphatic carbocycles. The molecule has 0 aromatic heterocycles. The van der Waals surface area contributed by atoms with Gasteiger partial charge in [0.15, 0.2) is 0 Å². The fraction of sp³-hybridized carbons (Fsp3) is 1.00. The molecule has 2 nitrogen and oxygen atoms in total. The molecule has 0 spiro atoms. The molecule has 8 heteroatoms. The highest BCUT2D eigenvalue weighted by Gasteiger charge is 2.53. The molecule has 0 saturated heterocycles. The molecule has 0 heterocycles. The van der Waals surface area contributed by atoms with Crippen LogP contribution in [0.3, 0.4) is 0 Å². The van der Waals surface area contributed by atoms with E-state index in [2.05, 4.69) is 136 Å². The summed E-state index contributed by atoms with van der Waals surface area (Å²) in [5, 5.41) is 0. The summed E-state index contributed by atoms with van der Waals surface area (Å²) >= 11 is 13.4. The van der Waals surface area contributed by atoms with Gasteiger partial charge >= 0.3 is 0 Å². The Balaban J connectivity index is 4.75. The van der Waals surface area contributed by atoms with Crippen LogP contribution in [-0.4, -0.2) is 4.53 Å². The summed E-state index contributed by atoms with van der Waals surface area (Å²) in [6, 6.07) is 0. The van der Waals surface area contributed by atoms with Crippen LogP contribution in [0.25, 0.3) is 0 Å². The van der Waals surface area contributed by atoms with E-state index in [0.29, 0.717) is 0 Å². The first kappa shape index (κ1) is 15.3. The molecule has 0 aromatic carbocycles. The van der Waals surface area contributed by atoms with Crippen molar-refractivity contribution in [2.45, 2.75) is 4.53 Å². The number of halogens is 6. The van der Waals surface area contributed by atoms with Crippen LogP contribution in [0.15, 0.2) is 0 Å². The predicted octanol–water partition coefficient (Wildman–Crippen LogP) is 3.52. The lowest BCUT2D eigenvalue weighted by Gasteiger charge is -2.38. The highest BCUT2D eigenvalue weighted by Crippen LogP contribution is 2.56. The Bertz CT molecular complexity index is 127. The Kier molecular flexibility index (Phi) is 7.08. The van der Waals surface area contributed by atoms with E-state index in [9.17, 15) is 0 Å². The topological polar surface area (TPSA) is 52.0 Å². The molecule has 0 unspecified atom stereocenters. The van der Waals surface area contributed by atoms with Crippen molar-refractivity contribution in [3.63, 3.8) is 0 Å². The van der Waals surface area contributed by atoms with Gasteiger partial charge in [-0.2, -0.15) is 0 Å². The van der Waals surface area contributed by atoms with Crippen LogP contribution in [0.2, 0.25) is 0 Å². The highest BCUT2D eigenvalue weighted by atomic mass is 127. The van der Waals surface area contributed by atoms with Gasteiger partial charge in [0, 0.05) is 0 Å². The second kappa shape index (κ2) is 5.09. The SMILES string of the molecule is NC(I)(I)C(I)(I)C(N)(I)I. The number of hydrogen-bond acceptors (Lipinski definition) is 2. The first-order valence-electron chi connectivity index (χ1n) is 2.21. The van der Waals surface area contributed by atoms with E-state index >= 15 is 0 Å². The maximum atomic E-state index is 5.97. The molecule has 0 radical (unpaired) electrons. The summed E-state index contributed by atoms with van der Waals surface area (Å²) in [5.41, 5.74) is 11.9. The van der Waals surface area contributed by atoms with Gasteiger partial charge < -0.3 is 11.5 Å². The van der Waals surface area contributed by atoms with E-state index in [1.807, 2.05) is 0 Å². The number of nitrogens with two attached hydrogens (primary N) is 2. The quantitative estimate of drug-likeness (QED) is 0.255. The third-order valence-corrected chi connectivity index (χ3v) is 15.7. The predicted molar refractivity (Wildman–Crippen MR) is 101 cm³/mol. The minimum atomic E-state index is -0.346. The number of alkyl halides is 6. The van der Waals surface area contributed by atoms with Gasteiger partial charge in [-0.05, 0) is 90.4 Å². The molecule has 0 aliphatic heterocycles. The van der Waals surface area contributed by atoms with Gasteiger partial charge in [-0.25, -0.2) is 0 Å². The zero-order valence-electron chi connectivity index (χ0n) is 4.92. The van der Waals surface area contributed by atoms with Gasteiger partial charge in [-0.15, -0.1) is 0 Å². The Morgan fingerprint density at radius 2 is 0.818 bits per heavy atom. The lowest BCUT2D eigenvalue weighted by Crippen LogP contribution is -2.56. The largest absolute Gasteiger partial charge is 0.307 e. The maximum absolute atomic E-state index is 5.97. The van der Waals surface area contributed by atoms with Crippen molar-refractivity contribution in [1.82, 2.24) is 0 Å². The van der Waals surface area contributed by atoms with E-state index in [0.717, 1.165) is 0 Å². The lowest BCUT2D eigenvalue weighted by molar-refractivity contribution is 0.788. The van der Waals surface area contributed by atoms with E-state index in [4.69, 9.17) is 11.5 Å². The van der Waals surface area contributed by atoms with Crippen LogP contribution >= 0.6 is 136 Å². The normalized spacial score (nSPS) is 15.3. The van der Waals surface area contributed by atoms with E-state index in [-0.39, 0.29) is 4.53 Å². The summed E-state index contributed by atoms with van der Waals surface area (Å²) in [7, 11) is 0. The summed E-state index contributed by atoms with van der Waals surface area (Å²) in [4.78, 5) is 0. The van der Waals surface area contributed by atoms with Gasteiger partial charge in [-0.3, -0.25) is 0 Å². The molecule has 0 bridgehead atoms. The fourth-order valence-electron chi connectivity index (χ4n) is 0.222. The number of rotatable bonds is 2. The molecule has 0 amide bonds. The lowest BCUT2D eigenvalue weighted by atomic mass is 10.4. The van der Waals surface area contributed by atoms with E-state index < -0.39 is 0 Å². The minimum absolute atomic E-state index is 0.183. The highest BCUT2D eigenvalue weighted by molar-refractivity contribution is 14.2. The molecule has 68 valence electrons. The summed E-state index contributed by atoms with van der Waals surface area (Å²) in [5.74, 6) is 0. The first-order valence-corrected chi connectivity index (χ1v) is 8.68. The van der Waals surface area contributed by atoms with Crippen LogP contribution in [0.1, 0.15) is 0 Å². The van der Waals surface area contributed by atoms with E-state index in [1.165, 1.54) is 0 Å². The van der Waals surface area contributed by atoms with Gasteiger partial charge in [0.2, 0.25) is 0 Å². The molecule has 0 saturated carbocycles. The Morgan fingerprint density at radius 3 is 0.818 bits per heavy atom. The van der Waals surface area contributed by atoms with Crippen LogP contribution in [0.5, 0.6) is 0 Å². The van der Waals surface area contributed by atoms with Gasteiger partial charge in [0.25, 0.3) is 0 Å². The maximum Gasteiger partial charge on any atom is 0.147 e. The van der Waals surface area contributed by atoms with Crippen LogP contribution in [0, 0.1) is 0 Å². The third-order valence-electron chi connectivity index (χ3n) is 0.837. The summed E-state index contributed by atoms with van der Waals surface area (Å²) in [6.45, 7) is 0. The Hall–Kier alpha value is 4.30. The van der Waals surface area contributed by atoms with Gasteiger partial charge in [0.1, 0.15) is 4.53 Å². The molecule has 0 aliphatic rings. The van der Waals surface area contributed by atoms with Crippen molar-refractivity contribution < 1.29 is 0 Å². The summed E-state index contributed by atoms with van der Waals surface area (Å²) in [6.07, 6.45) is 0. The molecular formula is C3H4I6N2. The second-order valence-electron chi connectivity index (χ2n) is 1.82. The molecule has 0 rings (SSSR count). The van der Waals surface area contributed by atoms with Crippen molar-refractivity contribution in [1.29, 1.82) is 0 Å². The van der Waals surface area contributed by atoms with Gasteiger partial charge in [0.05, 0.1) is 0 Å².